The lowest BCUT2D eigenvalue weighted by Gasteiger charge is -2.25. The number of carbonyl (C=O) groups is 2. The summed E-state index contributed by atoms with van der Waals surface area (Å²) in [5, 5.41) is 14.7. The maximum atomic E-state index is 11.9. The van der Waals surface area contributed by atoms with Crippen molar-refractivity contribution >= 4 is 11.9 Å². The molecule has 6 nitrogen and oxygen atoms in total. The van der Waals surface area contributed by atoms with E-state index in [4.69, 9.17) is 5.11 Å². The second kappa shape index (κ2) is 7.22. The Kier molecular flexibility index (Phi) is 6.16. The van der Waals surface area contributed by atoms with E-state index in [1.54, 1.807) is 0 Å². The molecule has 0 bridgehead atoms. The SMILES string of the molecule is CC(C)(C)CCNC(=O)CN1CC[C@](C)(NCC(=O)O)C1. The van der Waals surface area contributed by atoms with E-state index in [0.29, 0.717) is 19.6 Å². The van der Waals surface area contributed by atoms with Crippen LogP contribution in [0.5, 0.6) is 0 Å². The highest BCUT2D eigenvalue weighted by molar-refractivity contribution is 5.78. The van der Waals surface area contributed by atoms with Gasteiger partial charge >= 0.3 is 5.97 Å². The molecule has 122 valence electrons. The van der Waals surface area contributed by atoms with E-state index >= 15 is 0 Å². The first-order valence-corrected chi connectivity index (χ1v) is 7.56. The molecule has 1 atom stereocenters. The van der Waals surface area contributed by atoms with E-state index in [1.807, 2.05) is 6.92 Å². The molecule has 1 fully saturated rings. The monoisotopic (exact) mass is 299 g/mol. The zero-order valence-electron chi connectivity index (χ0n) is 13.7. The predicted octanol–water partition coefficient (Wildman–Crippen LogP) is 0.677. The zero-order chi connectivity index (χ0) is 16.1. The minimum atomic E-state index is -0.852. The summed E-state index contributed by atoms with van der Waals surface area (Å²) in [7, 11) is 0. The van der Waals surface area contributed by atoms with E-state index in [2.05, 4.69) is 36.3 Å². The number of hydrogen-bond acceptors (Lipinski definition) is 4. The summed E-state index contributed by atoms with van der Waals surface area (Å²) in [6.45, 7) is 11.0. The van der Waals surface area contributed by atoms with Crippen LogP contribution in [0.3, 0.4) is 0 Å². The molecule has 1 aliphatic rings. The normalized spacial score (nSPS) is 23.2. The molecule has 0 aromatic carbocycles. The molecule has 0 radical (unpaired) electrons. The highest BCUT2D eigenvalue weighted by Gasteiger charge is 2.34. The van der Waals surface area contributed by atoms with Gasteiger partial charge in [-0.2, -0.15) is 0 Å². The third kappa shape index (κ3) is 7.43. The summed E-state index contributed by atoms with van der Waals surface area (Å²) in [4.78, 5) is 24.6. The third-order valence-corrected chi connectivity index (χ3v) is 3.78. The molecule has 0 unspecified atom stereocenters. The molecule has 0 aromatic rings. The fraction of sp³-hybridized carbons (Fsp3) is 0.867. The predicted molar refractivity (Wildman–Crippen MR) is 82.2 cm³/mol. The lowest BCUT2D eigenvalue weighted by atomic mass is 9.92. The van der Waals surface area contributed by atoms with Crippen LogP contribution in [0.1, 0.15) is 40.5 Å². The Bertz CT molecular complexity index is 379. The number of carbonyl (C=O) groups excluding carboxylic acids is 1. The van der Waals surface area contributed by atoms with Crippen molar-refractivity contribution in [2.45, 2.75) is 46.1 Å². The summed E-state index contributed by atoms with van der Waals surface area (Å²) < 4.78 is 0. The van der Waals surface area contributed by atoms with Crippen LogP contribution in [0.2, 0.25) is 0 Å². The van der Waals surface area contributed by atoms with Crippen LogP contribution in [0.4, 0.5) is 0 Å². The number of nitrogens with one attached hydrogen (secondary N) is 2. The summed E-state index contributed by atoms with van der Waals surface area (Å²) in [6.07, 6.45) is 1.81. The molecule has 0 saturated carbocycles. The molecule has 21 heavy (non-hydrogen) atoms. The Hall–Kier alpha value is -1.14. The van der Waals surface area contributed by atoms with Gasteiger partial charge in [0.2, 0.25) is 5.91 Å². The zero-order valence-corrected chi connectivity index (χ0v) is 13.7. The highest BCUT2D eigenvalue weighted by atomic mass is 16.4. The number of carboxylic acid groups (broad SMARTS) is 1. The number of rotatable bonds is 7. The van der Waals surface area contributed by atoms with Gasteiger partial charge < -0.3 is 15.7 Å². The molecule has 0 aliphatic carbocycles. The van der Waals surface area contributed by atoms with Gasteiger partial charge in [0.1, 0.15) is 0 Å². The Morgan fingerprint density at radius 2 is 2.00 bits per heavy atom. The molecular weight excluding hydrogens is 270 g/mol. The first kappa shape index (κ1) is 17.9. The van der Waals surface area contributed by atoms with Crippen LogP contribution in [0, 0.1) is 5.41 Å². The molecule has 6 heteroatoms. The largest absolute Gasteiger partial charge is 0.480 e. The summed E-state index contributed by atoms with van der Waals surface area (Å²) in [5.41, 5.74) is 0.00429. The van der Waals surface area contributed by atoms with Gasteiger partial charge in [-0.3, -0.25) is 14.5 Å². The second-order valence-electron chi connectivity index (χ2n) is 7.43. The van der Waals surface area contributed by atoms with Crippen LogP contribution >= 0.6 is 0 Å². The third-order valence-electron chi connectivity index (χ3n) is 3.78. The standard InChI is InChI=1S/C15H29N3O3/c1-14(2,3)5-7-16-12(19)10-18-8-6-15(4,11-18)17-9-13(20)21/h17H,5-11H2,1-4H3,(H,16,19)(H,20,21)/t15-/m0/s1. The van der Waals surface area contributed by atoms with Crippen molar-refractivity contribution in [1.82, 2.24) is 15.5 Å². The van der Waals surface area contributed by atoms with E-state index in [0.717, 1.165) is 19.4 Å². The van der Waals surface area contributed by atoms with Crippen molar-refractivity contribution in [2.24, 2.45) is 5.41 Å². The first-order valence-electron chi connectivity index (χ1n) is 7.56. The minimum absolute atomic E-state index is 0.0396. The lowest BCUT2D eigenvalue weighted by molar-refractivity contribution is -0.136. The lowest BCUT2D eigenvalue weighted by Crippen LogP contribution is -2.47. The number of aliphatic carboxylic acids is 1. The van der Waals surface area contributed by atoms with Crippen LogP contribution < -0.4 is 10.6 Å². The Labute approximate surface area is 127 Å². The maximum Gasteiger partial charge on any atom is 0.317 e. The first-order chi connectivity index (χ1) is 9.60. The number of nitrogens with zero attached hydrogens (tertiary/aromatic N) is 1. The molecule has 1 heterocycles. The van der Waals surface area contributed by atoms with E-state index in [1.165, 1.54) is 0 Å². The molecule has 0 aromatic heterocycles. The van der Waals surface area contributed by atoms with Gasteiger partial charge in [0, 0.05) is 25.2 Å². The molecule has 1 saturated heterocycles. The van der Waals surface area contributed by atoms with Gasteiger partial charge in [-0.05, 0) is 25.2 Å². The summed E-state index contributed by atoms with van der Waals surface area (Å²) in [6, 6.07) is 0. The van der Waals surface area contributed by atoms with E-state index < -0.39 is 5.97 Å². The second-order valence-corrected chi connectivity index (χ2v) is 7.43. The van der Waals surface area contributed by atoms with Crippen molar-refractivity contribution in [3.8, 4) is 0 Å². The van der Waals surface area contributed by atoms with E-state index in [9.17, 15) is 9.59 Å². The van der Waals surface area contributed by atoms with Gasteiger partial charge in [-0.15, -0.1) is 0 Å². The minimum Gasteiger partial charge on any atom is -0.480 e. The molecule has 1 aliphatic heterocycles. The molecule has 0 spiro atoms. The van der Waals surface area contributed by atoms with Crippen molar-refractivity contribution in [3.05, 3.63) is 0 Å². The van der Waals surface area contributed by atoms with Gasteiger partial charge in [0.05, 0.1) is 13.1 Å². The van der Waals surface area contributed by atoms with Gasteiger partial charge in [0.25, 0.3) is 0 Å². The van der Waals surface area contributed by atoms with Gasteiger partial charge in [-0.1, -0.05) is 20.8 Å². The molecule has 3 N–H and O–H groups in total. The Morgan fingerprint density at radius 3 is 2.57 bits per heavy atom. The van der Waals surface area contributed by atoms with Crippen LogP contribution in [0.25, 0.3) is 0 Å². The van der Waals surface area contributed by atoms with Crippen LogP contribution in [-0.2, 0) is 9.59 Å². The topological polar surface area (TPSA) is 81.7 Å². The number of amides is 1. The van der Waals surface area contributed by atoms with Crippen molar-refractivity contribution in [1.29, 1.82) is 0 Å². The summed E-state index contributed by atoms with van der Waals surface area (Å²) in [5.74, 6) is -0.809. The quantitative estimate of drug-likeness (QED) is 0.644. The fourth-order valence-corrected chi connectivity index (χ4v) is 2.46. The molecule has 1 rings (SSSR count). The Balaban J connectivity index is 2.27. The molecular formula is C15H29N3O3. The number of carboxylic acids is 1. The number of hydrogen-bond donors (Lipinski definition) is 3. The van der Waals surface area contributed by atoms with Crippen LogP contribution in [-0.4, -0.2) is 60.1 Å². The Morgan fingerprint density at radius 1 is 1.33 bits per heavy atom. The average Bonchev–Trinajstić information content (AvgIpc) is 2.67. The molecule has 1 amide bonds. The van der Waals surface area contributed by atoms with Gasteiger partial charge in [0.15, 0.2) is 0 Å². The van der Waals surface area contributed by atoms with Crippen LogP contribution in [0.15, 0.2) is 0 Å². The number of likely N-dealkylation sites (tertiary alicyclic amines) is 1. The smallest absolute Gasteiger partial charge is 0.317 e. The summed E-state index contributed by atoms with van der Waals surface area (Å²) >= 11 is 0. The van der Waals surface area contributed by atoms with Gasteiger partial charge in [-0.25, -0.2) is 0 Å². The van der Waals surface area contributed by atoms with Crippen molar-refractivity contribution < 1.29 is 14.7 Å². The highest BCUT2D eigenvalue weighted by Crippen LogP contribution is 2.20. The fourth-order valence-electron chi connectivity index (χ4n) is 2.46. The van der Waals surface area contributed by atoms with Crippen molar-refractivity contribution in [3.63, 3.8) is 0 Å². The van der Waals surface area contributed by atoms with Crippen molar-refractivity contribution in [2.75, 3.05) is 32.7 Å². The van der Waals surface area contributed by atoms with E-state index in [-0.39, 0.29) is 23.4 Å². The maximum absolute atomic E-state index is 11.9. The average molecular weight is 299 g/mol.